The lowest BCUT2D eigenvalue weighted by Gasteiger charge is -2.07. The van der Waals surface area contributed by atoms with Crippen LogP contribution in [0.1, 0.15) is 48.2 Å². The average Bonchev–Trinajstić information content (AvgIpc) is 3.03. The molecule has 0 radical (unpaired) electrons. The van der Waals surface area contributed by atoms with E-state index < -0.39 is 11.5 Å². The minimum atomic E-state index is -1.16. The molecule has 1 aliphatic carbocycles. The van der Waals surface area contributed by atoms with Crippen LogP contribution in [0.15, 0.2) is 11.1 Å². The molecular weight excluding hydrogens is 208 g/mol. The van der Waals surface area contributed by atoms with Gasteiger partial charge in [0.1, 0.15) is 5.56 Å². The minimum Gasteiger partial charge on any atom is -0.477 e. The molecule has 1 aromatic rings. The smallest absolute Gasteiger partial charge is 0.343 e. The molecule has 1 heterocycles. The topological polar surface area (TPSA) is 72.2 Å². The number of rotatable bonds is 4. The van der Waals surface area contributed by atoms with Crippen molar-refractivity contribution >= 4 is 5.97 Å². The Labute approximate surface area is 92.7 Å². The monoisotopic (exact) mass is 222 g/mol. The number of nitrogens with zero attached hydrogens (tertiary/aromatic N) is 2. The van der Waals surface area contributed by atoms with E-state index in [2.05, 4.69) is 4.98 Å². The van der Waals surface area contributed by atoms with Crippen molar-refractivity contribution in [3.8, 4) is 0 Å². The summed E-state index contributed by atoms with van der Waals surface area (Å²) in [5.41, 5.74) is -0.102. The normalized spacial score (nSPS) is 15.1. The molecule has 0 aliphatic heterocycles. The molecule has 0 bridgehead atoms. The number of hydrogen-bond acceptors (Lipinski definition) is 3. The van der Waals surface area contributed by atoms with E-state index in [-0.39, 0.29) is 11.5 Å². The Morgan fingerprint density at radius 3 is 2.81 bits per heavy atom. The maximum Gasteiger partial charge on any atom is 0.343 e. The van der Waals surface area contributed by atoms with Crippen LogP contribution in [0.5, 0.6) is 0 Å². The summed E-state index contributed by atoms with van der Waals surface area (Å²) in [7, 11) is 0. The second-order valence-corrected chi connectivity index (χ2v) is 4.08. The number of aryl methyl sites for hydroxylation is 1. The Kier molecular flexibility index (Phi) is 2.77. The fourth-order valence-electron chi connectivity index (χ4n) is 1.77. The van der Waals surface area contributed by atoms with Crippen LogP contribution in [0.3, 0.4) is 0 Å². The Balaban J connectivity index is 2.53. The maximum absolute atomic E-state index is 11.9. The highest BCUT2D eigenvalue weighted by atomic mass is 16.4. The van der Waals surface area contributed by atoms with Gasteiger partial charge in [-0.3, -0.25) is 9.36 Å². The van der Waals surface area contributed by atoms with E-state index in [1.165, 1.54) is 10.9 Å². The summed E-state index contributed by atoms with van der Waals surface area (Å²) < 4.78 is 1.37. The van der Waals surface area contributed by atoms with E-state index in [9.17, 15) is 9.59 Å². The van der Waals surface area contributed by atoms with Gasteiger partial charge in [0.25, 0.3) is 5.56 Å². The van der Waals surface area contributed by atoms with Crippen LogP contribution in [0.25, 0.3) is 0 Å². The molecule has 5 nitrogen and oxygen atoms in total. The van der Waals surface area contributed by atoms with Crippen molar-refractivity contribution in [2.24, 2.45) is 0 Å². The number of carbonyl (C=O) groups is 1. The van der Waals surface area contributed by atoms with Crippen LogP contribution in [0, 0.1) is 0 Å². The minimum absolute atomic E-state index is 0.140. The fourth-order valence-corrected chi connectivity index (χ4v) is 1.77. The second-order valence-electron chi connectivity index (χ2n) is 4.08. The van der Waals surface area contributed by atoms with Crippen LogP contribution in [0.4, 0.5) is 0 Å². The number of carboxylic acids is 1. The maximum atomic E-state index is 11.9. The third kappa shape index (κ3) is 1.85. The lowest BCUT2D eigenvalue weighted by molar-refractivity contribution is 0.0692. The summed E-state index contributed by atoms with van der Waals surface area (Å²) in [5, 5.41) is 9.06. The Morgan fingerprint density at radius 2 is 2.31 bits per heavy atom. The first-order chi connectivity index (χ1) is 7.65. The summed E-state index contributed by atoms with van der Waals surface area (Å²) in [6.45, 7) is 2.44. The van der Waals surface area contributed by atoms with Gasteiger partial charge < -0.3 is 5.11 Å². The standard InChI is InChI=1S/C11H14N2O3/c1-2-5-13-6-12-9(7-3-4-7)8(10(13)14)11(15)16/h6-7H,2-5H2,1H3,(H,15,16). The molecule has 0 unspecified atom stereocenters. The molecule has 0 atom stereocenters. The van der Waals surface area contributed by atoms with Crippen LogP contribution >= 0.6 is 0 Å². The van der Waals surface area contributed by atoms with Gasteiger partial charge in [0, 0.05) is 12.5 Å². The highest BCUT2D eigenvalue weighted by Gasteiger charge is 2.31. The zero-order valence-corrected chi connectivity index (χ0v) is 9.14. The summed E-state index contributed by atoms with van der Waals surface area (Å²) in [5.74, 6) is -0.986. The second kappa shape index (κ2) is 4.08. The van der Waals surface area contributed by atoms with Crippen LogP contribution in [-0.4, -0.2) is 20.6 Å². The molecule has 16 heavy (non-hydrogen) atoms. The van der Waals surface area contributed by atoms with Gasteiger partial charge in [0.2, 0.25) is 0 Å². The Hall–Kier alpha value is -1.65. The van der Waals surface area contributed by atoms with E-state index in [0.717, 1.165) is 19.3 Å². The molecule has 2 rings (SSSR count). The van der Waals surface area contributed by atoms with E-state index in [0.29, 0.717) is 12.2 Å². The fraction of sp³-hybridized carbons (Fsp3) is 0.545. The molecule has 86 valence electrons. The molecule has 0 aromatic carbocycles. The van der Waals surface area contributed by atoms with Gasteiger partial charge in [-0.25, -0.2) is 9.78 Å². The van der Waals surface area contributed by atoms with Crippen molar-refractivity contribution < 1.29 is 9.90 Å². The van der Waals surface area contributed by atoms with Gasteiger partial charge in [-0.15, -0.1) is 0 Å². The number of aromatic carboxylic acids is 1. The molecule has 1 saturated carbocycles. The van der Waals surface area contributed by atoms with Crippen molar-refractivity contribution in [2.45, 2.75) is 38.6 Å². The molecule has 1 fully saturated rings. The molecule has 1 N–H and O–H groups in total. The molecule has 0 amide bonds. The Morgan fingerprint density at radius 1 is 1.62 bits per heavy atom. The summed E-state index contributed by atoms with van der Waals surface area (Å²) in [6.07, 6.45) is 4.12. The van der Waals surface area contributed by atoms with E-state index in [1.807, 2.05) is 6.92 Å². The predicted octanol–water partition coefficient (Wildman–Crippen LogP) is 1.23. The molecule has 0 spiro atoms. The quantitative estimate of drug-likeness (QED) is 0.831. The van der Waals surface area contributed by atoms with Crippen molar-refractivity contribution in [3.05, 3.63) is 27.9 Å². The summed E-state index contributed by atoms with van der Waals surface area (Å²) in [6, 6.07) is 0. The van der Waals surface area contributed by atoms with Crippen molar-refractivity contribution in [1.82, 2.24) is 9.55 Å². The highest BCUT2D eigenvalue weighted by molar-refractivity contribution is 5.88. The molecule has 1 aliphatic rings. The van der Waals surface area contributed by atoms with Crippen LogP contribution < -0.4 is 5.56 Å². The van der Waals surface area contributed by atoms with E-state index in [1.54, 1.807) is 0 Å². The largest absolute Gasteiger partial charge is 0.477 e. The number of carboxylic acid groups (broad SMARTS) is 1. The summed E-state index contributed by atoms with van der Waals surface area (Å²) in [4.78, 5) is 27.1. The predicted molar refractivity (Wildman–Crippen MR) is 57.7 cm³/mol. The first kappa shape index (κ1) is 10.9. The van der Waals surface area contributed by atoms with Gasteiger partial charge in [-0.1, -0.05) is 6.92 Å². The lowest BCUT2D eigenvalue weighted by atomic mass is 10.1. The average molecular weight is 222 g/mol. The van der Waals surface area contributed by atoms with Crippen LogP contribution in [0.2, 0.25) is 0 Å². The number of hydrogen-bond donors (Lipinski definition) is 1. The van der Waals surface area contributed by atoms with Gasteiger partial charge in [-0.2, -0.15) is 0 Å². The van der Waals surface area contributed by atoms with Gasteiger partial charge >= 0.3 is 5.97 Å². The summed E-state index contributed by atoms with van der Waals surface area (Å²) >= 11 is 0. The molecule has 0 saturated heterocycles. The van der Waals surface area contributed by atoms with Gasteiger partial charge in [-0.05, 0) is 19.3 Å². The van der Waals surface area contributed by atoms with Crippen LogP contribution in [-0.2, 0) is 6.54 Å². The van der Waals surface area contributed by atoms with E-state index in [4.69, 9.17) is 5.11 Å². The lowest BCUT2D eigenvalue weighted by Crippen LogP contribution is -2.29. The SMILES string of the molecule is CCCn1cnc(C2CC2)c(C(=O)O)c1=O. The molecule has 1 aromatic heterocycles. The first-order valence-electron chi connectivity index (χ1n) is 5.47. The Bertz CT molecular complexity index is 475. The first-order valence-corrected chi connectivity index (χ1v) is 5.47. The van der Waals surface area contributed by atoms with E-state index >= 15 is 0 Å². The van der Waals surface area contributed by atoms with Gasteiger partial charge in [0.05, 0.1) is 12.0 Å². The van der Waals surface area contributed by atoms with Crippen molar-refractivity contribution in [1.29, 1.82) is 0 Å². The molecule has 5 heteroatoms. The zero-order chi connectivity index (χ0) is 11.7. The zero-order valence-electron chi connectivity index (χ0n) is 9.14. The highest BCUT2D eigenvalue weighted by Crippen LogP contribution is 2.39. The van der Waals surface area contributed by atoms with Crippen molar-refractivity contribution in [2.75, 3.05) is 0 Å². The van der Waals surface area contributed by atoms with Gasteiger partial charge in [0.15, 0.2) is 0 Å². The molecular formula is C11H14N2O3. The third-order valence-electron chi connectivity index (χ3n) is 2.71. The third-order valence-corrected chi connectivity index (χ3v) is 2.71. The van der Waals surface area contributed by atoms with Crippen molar-refractivity contribution in [3.63, 3.8) is 0 Å². The number of aromatic nitrogens is 2.